The molecule has 0 aliphatic carbocycles. The van der Waals surface area contributed by atoms with Gasteiger partial charge in [-0.1, -0.05) is 50.6 Å². The van der Waals surface area contributed by atoms with E-state index in [4.69, 9.17) is 0 Å². The van der Waals surface area contributed by atoms with Crippen molar-refractivity contribution in [3.63, 3.8) is 0 Å². The molecule has 138 valence electrons. The number of urea groups is 1. The number of hydrogen-bond donors (Lipinski definition) is 3. The summed E-state index contributed by atoms with van der Waals surface area (Å²) in [6, 6.07) is 9.23. The van der Waals surface area contributed by atoms with Crippen LogP contribution in [0.3, 0.4) is 0 Å². The van der Waals surface area contributed by atoms with Crippen molar-refractivity contribution in [3.8, 4) is 0 Å². The summed E-state index contributed by atoms with van der Waals surface area (Å²) in [5, 5.41) is 14.8. The largest absolute Gasteiger partial charge is 0.480 e. The summed E-state index contributed by atoms with van der Waals surface area (Å²) >= 11 is 0. The fourth-order valence-electron chi connectivity index (χ4n) is 3.13. The van der Waals surface area contributed by atoms with E-state index in [0.29, 0.717) is 6.42 Å². The summed E-state index contributed by atoms with van der Waals surface area (Å²) in [6.07, 6.45) is 2.46. The van der Waals surface area contributed by atoms with Crippen molar-refractivity contribution >= 4 is 12.0 Å². The van der Waals surface area contributed by atoms with E-state index >= 15 is 0 Å². The van der Waals surface area contributed by atoms with Gasteiger partial charge in [0.15, 0.2) is 0 Å². The highest BCUT2D eigenvalue weighted by molar-refractivity contribution is 5.82. The second-order valence-electron chi connectivity index (χ2n) is 6.86. The lowest BCUT2D eigenvalue weighted by Crippen LogP contribution is -2.53. The highest BCUT2D eigenvalue weighted by atomic mass is 16.4. The lowest BCUT2D eigenvalue weighted by Gasteiger charge is -2.32. The van der Waals surface area contributed by atoms with Crippen molar-refractivity contribution in [2.24, 2.45) is 5.92 Å². The lowest BCUT2D eigenvalue weighted by molar-refractivity contribution is -0.140. The highest BCUT2D eigenvalue weighted by Gasteiger charge is 2.27. The van der Waals surface area contributed by atoms with E-state index in [1.165, 1.54) is 5.56 Å². The van der Waals surface area contributed by atoms with Gasteiger partial charge in [0.25, 0.3) is 0 Å². The van der Waals surface area contributed by atoms with Crippen LogP contribution in [0.2, 0.25) is 0 Å². The Bertz CT molecular complexity index is 556. The van der Waals surface area contributed by atoms with E-state index < -0.39 is 12.0 Å². The van der Waals surface area contributed by atoms with Crippen molar-refractivity contribution in [1.29, 1.82) is 0 Å². The number of likely N-dealkylation sites (tertiary alicyclic amines) is 1. The molecule has 2 rings (SSSR count). The molecule has 0 spiro atoms. The number of piperidine rings is 1. The minimum atomic E-state index is -0.984. The molecule has 1 unspecified atom stereocenters. The molecular weight excluding hydrogens is 318 g/mol. The van der Waals surface area contributed by atoms with Gasteiger partial charge in [0.1, 0.15) is 6.04 Å². The number of carbonyl (C=O) groups excluding carboxylic acids is 1. The quantitative estimate of drug-likeness (QED) is 0.708. The number of rotatable bonds is 7. The second kappa shape index (κ2) is 9.42. The number of nitrogens with zero attached hydrogens (tertiary/aromatic N) is 1. The number of carbonyl (C=O) groups is 2. The van der Waals surface area contributed by atoms with E-state index in [-0.39, 0.29) is 18.0 Å². The minimum absolute atomic E-state index is 0.0957. The molecule has 1 aromatic carbocycles. The number of hydrogen-bond acceptors (Lipinski definition) is 3. The third-order valence-corrected chi connectivity index (χ3v) is 4.94. The Balaban J connectivity index is 1.75. The standard InChI is InChI=1S/C19H29N3O3/c1-3-14(2)17(18(23)24)21-19(25)20-16-9-11-22(12-10-16)13-15-7-5-4-6-8-15/h4-8,14,16-17H,3,9-13H2,1-2H3,(H,23,24)(H2,20,21,25)/t14?,17-/m0/s1. The Morgan fingerprint density at radius 1 is 1.24 bits per heavy atom. The van der Waals surface area contributed by atoms with E-state index in [1.807, 2.05) is 32.0 Å². The fraction of sp³-hybridized carbons (Fsp3) is 0.579. The summed E-state index contributed by atoms with van der Waals surface area (Å²) in [6.45, 7) is 6.53. The van der Waals surface area contributed by atoms with Gasteiger partial charge in [-0.15, -0.1) is 0 Å². The number of benzene rings is 1. The van der Waals surface area contributed by atoms with Gasteiger partial charge in [0.2, 0.25) is 0 Å². The van der Waals surface area contributed by atoms with Crippen LogP contribution in [-0.4, -0.2) is 47.2 Å². The van der Waals surface area contributed by atoms with Gasteiger partial charge < -0.3 is 15.7 Å². The highest BCUT2D eigenvalue weighted by Crippen LogP contribution is 2.14. The molecule has 1 fully saturated rings. The molecular formula is C19H29N3O3. The molecule has 2 amide bonds. The van der Waals surface area contributed by atoms with E-state index in [1.54, 1.807) is 0 Å². The Morgan fingerprint density at radius 3 is 2.44 bits per heavy atom. The number of amides is 2. The topological polar surface area (TPSA) is 81.7 Å². The van der Waals surface area contributed by atoms with Gasteiger partial charge >= 0.3 is 12.0 Å². The average Bonchev–Trinajstić information content (AvgIpc) is 2.61. The predicted molar refractivity (Wildman–Crippen MR) is 97.3 cm³/mol. The molecule has 1 heterocycles. The zero-order chi connectivity index (χ0) is 18.2. The molecule has 6 nitrogen and oxygen atoms in total. The molecule has 0 bridgehead atoms. The number of aliphatic carboxylic acids is 1. The van der Waals surface area contributed by atoms with E-state index in [0.717, 1.165) is 32.5 Å². The molecule has 1 saturated heterocycles. The van der Waals surface area contributed by atoms with Crippen LogP contribution in [-0.2, 0) is 11.3 Å². The average molecular weight is 347 g/mol. The van der Waals surface area contributed by atoms with E-state index in [9.17, 15) is 14.7 Å². The number of nitrogens with one attached hydrogen (secondary N) is 2. The van der Waals surface area contributed by atoms with Gasteiger partial charge in [0.05, 0.1) is 0 Å². The van der Waals surface area contributed by atoms with Gasteiger partial charge in [0, 0.05) is 25.7 Å². The molecule has 6 heteroatoms. The van der Waals surface area contributed by atoms with Crippen LogP contribution >= 0.6 is 0 Å². The Hall–Kier alpha value is -2.08. The smallest absolute Gasteiger partial charge is 0.326 e. The third-order valence-electron chi connectivity index (χ3n) is 4.94. The molecule has 0 saturated carbocycles. The van der Waals surface area contributed by atoms with Crippen LogP contribution in [0.4, 0.5) is 4.79 Å². The van der Waals surface area contributed by atoms with Crippen molar-refractivity contribution in [2.45, 2.75) is 51.7 Å². The van der Waals surface area contributed by atoms with Crippen molar-refractivity contribution in [3.05, 3.63) is 35.9 Å². The zero-order valence-electron chi connectivity index (χ0n) is 15.1. The summed E-state index contributed by atoms with van der Waals surface area (Å²) in [4.78, 5) is 25.8. The van der Waals surface area contributed by atoms with Crippen molar-refractivity contribution in [2.75, 3.05) is 13.1 Å². The lowest BCUT2D eigenvalue weighted by atomic mass is 9.99. The monoisotopic (exact) mass is 347 g/mol. The first kappa shape index (κ1) is 19.2. The maximum Gasteiger partial charge on any atom is 0.326 e. The van der Waals surface area contributed by atoms with Crippen LogP contribution in [0, 0.1) is 5.92 Å². The first-order valence-corrected chi connectivity index (χ1v) is 9.05. The van der Waals surface area contributed by atoms with Crippen LogP contribution in [0.25, 0.3) is 0 Å². The summed E-state index contributed by atoms with van der Waals surface area (Å²) in [5.74, 6) is -1.09. The van der Waals surface area contributed by atoms with Crippen LogP contribution in [0.15, 0.2) is 30.3 Å². The first-order valence-electron chi connectivity index (χ1n) is 9.05. The minimum Gasteiger partial charge on any atom is -0.480 e. The second-order valence-corrected chi connectivity index (χ2v) is 6.86. The third kappa shape index (κ3) is 6.05. The van der Waals surface area contributed by atoms with Crippen LogP contribution in [0.1, 0.15) is 38.7 Å². The van der Waals surface area contributed by atoms with Crippen LogP contribution in [0.5, 0.6) is 0 Å². The van der Waals surface area contributed by atoms with Crippen molar-refractivity contribution in [1.82, 2.24) is 15.5 Å². The van der Waals surface area contributed by atoms with Crippen LogP contribution < -0.4 is 10.6 Å². The maximum absolute atomic E-state index is 12.1. The SMILES string of the molecule is CCC(C)[C@H](NC(=O)NC1CCN(Cc2ccccc2)CC1)C(=O)O. The summed E-state index contributed by atoms with van der Waals surface area (Å²) in [5.41, 5.74) is 1.30. The Morgan fingerprint density at radius 2 is 1.88 bits per heavy atom. The van der Waals surface area contributed by atoms with E-state index in [2.05, 4.69) is 27.7 Å². The predicted octanol–water partition coefficient (Wildman–Crippen LogP) is 2.45. The van der Waals surface area contributed by atoms with Gasteiger partial charge in [-0.3, -0.25) is 4.90 Å². The molecule has 1 aliphatic rings. The normalized spacial score (nSPS) is 18.3. The molecule has 1 aromatic rings. The van der Waals surface area contributed by atoms with Gasteiger partial charge in [-0.25, -0.2) is 9.59 Å². The molecule has 0 radical (unpaired) electrons. The first-order chi connectivity index (χ1) is 12.0. The zero-order valence-corrected chi connectivity index (χ0v) is 15.1. The molecule has 2 atom stereocenters. The molecule has 3 N–H and O–H groups in total. The number of carboxylic acid groups (broad SMARTS) is 1. The fourth-order valence-corrected chi connectivity index (χ4v) is 3.13. The Labute approximate surface area is 149 Å². The molecule has 0 aromatic heterocycles. The molecule has 1 aliphatic heterocycles. The maximum atomic E-state index is 12.1. The van der Waals surface area contributed by atoms with Gasteiger partial charge in [-0.05, 0) is 24.3 Å². The number of carboxylic acids is 1. The van der Waals surface area contributed by atoms with Gasteiger partial charge in [-0.2, -0.15) is 0 Å². The summed E-state index contributed by atoms with van der Waals surface area (Å²) < 4.78 is 0. The Kier molecular flexibility index (Phi) is 7.25. The van der Waals surface area contributed by atoms with Crippen molar-refractivity contribution < 1.29 is 14.7 Å². The molecule has 25 heavy (non-hydrogen) atoms. The summed E-state index contributed by atoms with van der Waals surface area (Å²) in [7, 11) is 0.